The van der Waals surface area contributed by atoms with E-state index in [4.69, 9.17) is 5.73 Å². The standard InChI is InChI=1S/C10H10BrN5O/c1-5-7(12)9(16-15-5)14-10(17)8-6(11)3-2-4-13-8/h2-4H,12H2,1H3,(H2,14,15,16,17). The van der Waals surface area contributed by atoms with E-state index >= 15 is 0 Å². The van der Waals surface area contributed by atoms with Crippen molar-refractivity contribution in [3.05, 3.63) is 34.2 Å². The first kappa shape index (κ1) is 11.6. The van der Waals surface area contributed by atoms with Gasteiger partial charge in [0.15, 0.2) is 5.82 Å². The van der Waals surface area contributed by atoms with Crippen molar-refractivity contribution in [2.24, 2.45) is 0 Å². The normalized spacial score (nSPS) is 10.2. The second-order valence-electron chi connectivity index (χ2n) is 3.40. The van der Waals surface area contributed by atoms with Crippen LogP contribution in [-0.2, 0) is 0 Å². The van der Waals surface area contributed by atoms with Gasteiger partial charge in [-0.1, -0.05) is 0 Å². The van der Waals surface area contributed by atoms with Gasteiger partial charge in [0.25, 0.3) is 5.91 Å². The lowest BCUT2D eigenvalue weighted by molar-refractivity contribution is 0.102. The second kappa shape index (κ2) is 4.54. The summed E-state index contributed by atoms with van der Waals surface area (Å²) in [7, 11) is 0. The molecule has 0 aliphatic carbocycles. The van der Waals surface area contributed by atoms with Gasteiger partial charge in [-0.2, -0.15) is 5.10 Å². The van der Waals surface area contributed by atoms with E-state index in [0.29, 0.717) is 21.7 Å². The summed E-state index contributed by atoms with van der Waals surface area (Å²) in [6, 6.07) is 3.47. The fraction of sp³-hybridized carbons (Fsp3) is 0.100. The molecular weight excluding hydrogens is 286 g/mol. The van der Waals surface area contributed by atoms with Crippen LogP contribution < -0.4 is 11.1 Å². The first-order chi connectivity index (χ1) is 8.09. The first-order valence-electron chi connectivity index (χ1n) is 4.82. The van der Waals surface area contributed by atoms with Crippen LogP contribution in [0.5, 0.6) is 0 Å². The van der Waals surface area contributed by atoms with Gasteiger partial charge in [0.2, 0.25) is 0 Å². The van der Waals surface area contributed by atoms with Gasteiger partial charge in [0.05, 0.1) is 11.4 Å². The number of hydrogen-bond acceptors (Lipinski definition) is 4. The van der Waals surface area contributed by atoms with Crippen LogP contribution in [-0.4, -0.2) is 21.1 Å². The molecular formula is C10H10BrN5O. The molecule has 0 unspecified atom stereocenters. The van der Waals surface area contributed by atoms with Crippen molar-refractivity contribution in [1.29, 1.82) is 0 Å². The van der Waals surface area contributed by atoms with Crippen molar-refractivity contribution in [2.45, 2.75) is 6.92 Å². The van der Waals surface area contributed by atoms with E-state index in [2.05, 4.69) is 36.4 Å². The number of amides is 1. The van der Waals surface area contributed by atoms with Crippen LogP contribution >= 0.6 is 15.9 Å². The lowest BCUT2D eigenvalue weighted by atomic mass is 10.3. The van der Waals surface area contributed by atoms with Crippen molar-refractivity contribution in [3.8, 4) is 0 Å². The Morgan fingerprint density at radius 1 is 1.59 bits per heavy atom. The highest BCUT2D eigenvalue weighted by molar-refractivity contribution is 9.10. The fourth-order valence-electron chi connectivity index (χ4n) is 1.25. The second-order valence-corrected chi connectivity index (χ2v) is 4.25. The minimum Gasteiger partial charge on any atom is -0.394 e. The maximum atomic E-state index is 11.9. The van der Waals surface area contributed by atoms with Crippen molar-refractivity contribution >= 4 is 33.3 Å². The minimum atomic E-state index is -0.365. The highest BCUT2D eigenvalue weighted by atomic mass is 79.9. The summed E-state index contributed by atoms with van der Waals surface area (Å²) in [5.74, 6) is -0.0549. The molecule has 88 valence electrons. The Balaban J connectivity index is 2.23. The van der Waals surface area contributed by atoms with Crippen LogP contribution in [0.15, 0.2) is 22.8 Å². The monoisotopic (exact) mass is 295 g/mol. The number of anilines is 2. The number of carbonyl (C=O) groups excluding carboxylic acids is 1. The zero-order valence-corrected chi connectivity index (χ0v) is 10.6. The Morgan fingerprint density at radius 2 is 2.35 bits per heavy atom. The maximum absolute atomic E-state index is 11.9. The molecule has 6 nitrogen and oxygen atoms in total. The molecule has 2 aromatic heterocycles. The number of pyridine rings is 1. The largest absolute Gasteiger partial charge is 0.394 e. The molecule has 1 amide bonds. The lowest BCUT2D eigenvalue weighted by Gasteiger charge is -2.03. The molecule has 4 N–H and O–H groups in total. The van der Waals surface area contributed by atoms with E-state index < -0.39 is 0 Å². The molecule has 0 aromatic carbocycles. The molecule has 2 rings (SSSR count). The van der Waals surface area contributed by atoms with Gasteiger partial charge in [0.1, 0.15) is 5.69 Å². The number of halogens is 1. The Morgan fingerprint density at radius 3 is 2.94 bits per heavy atom. The maximum Gasteiger partial charge on any atom is 0.276 e. The number of hydrogen-bond donors (Lipinski definition) is 3. The molecule has 0 bridgehead atoms. The smallest absolute Gasteiger partial charge is 0.276 e. The molecule has 0 fully saturated rings. The van der Waals surface area contributed by atoms with E-state index in [1.54, 1.807) is 25.3 Å². The van der Waals surface area contributed by atoms with Crippen LogP contribution in [0.4, 0.5) is 11.5 Å². The molecule has 2 heterocycles. The van der Waals surface area contributed by atoms with E-state index in [-0.39, 0.29) is 11.6 Å². The minimum absolute atomic E-state index is 0.285. The van der Waals surface area contributed by atoms with Crippen LogP contribution in [0.1, 0.15) is 16.2 Å². The van der Waals surface area contributed by atoms with Crippen LogP contribution in [0, 0.1) is 6.92 Å². The highest BCUT2D eigenvalue weighted by Gasteiger charge is 2.15. The quantitative estimate of drug-likeness (QED) is 0.786. The van der Waals surface area contributed by atoms with Gasteiger partial charge in [-0.25, -0.2) is 4.98 Å². The Bertz CT molecular complexity index is 566. The van der Waals surface area contributed by atoms with Crippen LogP contribution in [0.25, 0.3) is 0 Å². The van der Waals surface area contributed by atoms with Crippen molar-refractivity contribution in [2.75, 3.05) is 11.1 Å². The van der Waals surface area contributed by atoms with Crippen LogP contribution in [0.3, 0.4) is 0 Å². The molecule has 7 heteroatoms. The molecule has 0 saturated heterocycles. The number of carbonyl (C=O) groups is 1. The van der Waals surface area contributed by atoms with Gasteiger partial charge in [-0.05, 0) is 35.0 Å². The number of rotatable bonds is 2. The molecule has 17 heavy (non-hydrogen) atoms. The zero-order valence-electron chi connectivity index (χ0n) is 8.99. The van der Waals surface area contributed by atoms with Gasteiger partial charge < -0.3 is 11.1 Å². The Hall–Kier alpha value is -1.89. The average Bonchev–Trinajstić information content (AvgIpc) is 2.61. The number of nitrogens with two attached hydrogens (primary N) is 1. The average molecular weight is 296 g/mol. The number of aryl methyl sites for hydroxylation is 1. The summed E-state index contributed by atoms with van der Waals surface area (Å²) >= 11 is 3.25. The SMILES string of the molecule is Cc1[nH]nc(NC(=O)c2ncccc2Br)c1N. The third kappa shape index (κ3) is 2.28. The molecule has 0 saturated carbocycles. The van der Waals surface area contributed by atoms with Crippen molar-refractivity contribution in [1.82, 2.24) is 15.2 Å². The van der Waals surface area contributed by atoms with Gasteiger partial charge >= 0.3 is 0 Å². The summed E-state index contributed by atoms with van der Waals surface area (Å²) in [5.41, 5.74) is 7.14. The summed E-state index contributed by atoms with van der Waals surface area (Å²) in [6.45, 7) is 1.77. The number of nitrogens with one attached hydrogen (secondary N) is 2. The first-order valence-corrected chi connectivity index (χ1v) is 5.61. The molecule has 0 atom stereocenters. The molecule has 2 aromatic rings. The molecule has 0 radical (unpaired) electrons. The fourth-order valence-corrected chi connectivity index (χ4v) is 1.69. The van der Waals surface area contributed by atoms with E-state index in [0.717, 1.165) is 0 Å². The topological polar surface area (TPSA) is 96.7 Å². The molecule has 0 aliphatic heterocycles. The predicted octanol–water partition coefficient (Wildman–Crippen LogP) is 1.71. The summed E-state index contributed by atoms with van der Waals surface area (Å²) in [4.78, 5) is 15.9. The van der Waals surface area contributed by atoms with E-state index in [1.165, 1.54) is 0 Å². The summed E-state index contributed by atoms with van der Waals surface area (Å²) in [6.07, 6.45) is 1.54. The Labute approximate surface area is 106 Å². The van der Waals surface area contributed by atoms with Crippen LogP contribution in [0.2, 0.25) is 0 Å². The zero-order chi connectivity index (χ0) is 12.4. The number of nitrogen functional groups attached to an aromatic ring is 1. The Kier molecular flexibility index (Phi) is 3.10. The molecule has 0 aliphatic rings. The lowest BCUT2D eigenvalue weighted by Crippen LogP contribution is -2.15. The van der Waals surface area contributed by atoms with E-state index in [1.807, 2.05) is 0 Å². The summed E-state index contributed by atoms with van der Waals surface area (Å²) < 4.78 is 0.614. The van der Waals surface area contributed by atoms with Crippen molar-refractivity contribution in [3.63, 3.8) is 0 Å². The van der Waals surface area contributed by atoms with Crippen molar-refractivity contribution < 1.29 is 4.79 Å². The van der Waals surface area contributed by atoms with E-state index in [9.17, 15) is 4.79 Å². The van der Waals surface area contributed by atoms with Gasteiger partial charge in [-0.3, -0.25) is 9.89 Å². The number of aromatic nitrogens is 3. The summed E-state index contributed by atoms with van der Waals surface area (Å²) in [5, 5.41) is 9.16. The third-order valence-electron chi connectivity index (χ3n) is 2.20. The third-order valence-corrected chi connectivity index (χ3v) is 2.84. The predicted molar refractivity (Wildman–Crippen MR) is 67.6 cm³/mol. The number of aromatic amines is 1. The number of nitrogens with zero attached hydrogens (tertiary/aromatic N) is 2. The number of H-pyrrole nitrogens is 1. The molecule has 0 spiro atoms. The van der Waals surface area contributed by atoms with Gasteiger partial charge in [0, 0.05) is 10.7 Å². The van der Waals surface area contributed by atoms with Gasteiger partial charge in [-0.15, -0.1) is 0 Å². The highest BCUT2D eigenvalue weighted by Crippen LogP contribution is 2.20.